The van der Waals surface area contributed by atoms with Crippen LogP contribution >= 0.6 is 0 Å². The van der Waals surface area contributed by atoms with E-state index in [2.05, 4.69) is 35.8 Å². The number of hydrogen-bond acceptors (Lipinski definition) is 1. The molecule has 1 heteroatoms. The first-order chi connectivity index (χ1) is 7.90. The minimum Gasteiger partial charge on any atom is -0.290 e. The fourth-order valence-corrected chi connectivity index (χ4v) is 2.22. The largest absolute Gasteiger partial charge is 0.290 e. The number of benzene rings is 1. The van der Waals surface area contributed by atoms with Crippen LogP contribution in [0.3, 0.4) is 0 Å². The molecule has 1 aromatic carbocycles. The zero-order chi connectivity index (χ0) is 11.2. The van der Waals surface area contributed by atoms with E-state index < -0.39 is 0 Å². The van der Waals surface area contributed by atoms with Crippen molar-refractivity contribution in [2.75, 3.05) is 13.1 Å². The van der Waals surface area contributed by atoms with Crippen LogP contribution in [0, 0.1) is 11.8 Å². The van der Waals surface area contributed by atoms with E-state index in [1.807, 2.05) is 18.2 Å². The summed E-state index contributed by atoms with van der Waals surface area (Å²) in [5.41, 5.74) is 1.13. The first kappa shape index (κ1) is 11.2. The molecular formula is C15H19N. The topological polar surface area (TPSA) is 3.24 Å². The summed E-state index contributed by atoms with van der Waals surface area (Å²) in [5, 5.41) is 0. The first-order valence-corrected chi connectivity index (χ1v) is 6.21. The Morgan fingerprint density at radius 2 is 2.06 bits per heavy atom. The molecule has 16 heavy (non-hydrogen) atoms. The lowest BCUT2D eigenvalue weighted by Gasteiger charge is -2.31. The van der Waals surface area contributed by atoms with Gasteiger partial charge in [0.1, 0.15) is 0 Å². The minimum atomic E-state index is 0.471. The summed E-state index contributed by atoms with van der Waals surface area (Å²) in [7, 11) is 0. The second kappa shape index (κ2) is 5.72. The minimum absolute atomic E-state index is 0.471. The van der Waals surface area contributed by atoms with Crippen LogP contribution in [0.5, 0.6) is 0 Å². The second-order valence-corrected chi connectivity index (χ2v) is 4.28. The molecule has 0 aliphatic carbocycles. The third-order valence-electron chi connectivity index (χ3n) is 3.18. The molecule has 1 fully saturated rings. The van der Waals surface area contributed by atoms with Gasteiger partial charge < -0.3 is 0 Å². The summed E-state index contributed by atoms with van der Waals surface area (Å²) >= 11 is 0. The van der Waals surface area contributed by atoms with Gasteiger partial charge in [0.25, 0.3) is 0 Å². The summed E-state index contributed by atoms with van der Waals surface area (Å²) in [4.78, 5) is 2.49. The van der Waals surface area contributed by atoms with Crippen molar-refractivity contribution in [3.05, 3.63) is 35.9 Å². The van der Waals surface area contributed by atoms with Crippen LogP contribution in [0.25, 0.3) is 0 Å². The molecule has 0 unspecified atom stereocenters. The summed E-state index contributed by atoms with van der Waals surface area (Å²) in [5.74, 6) is 6.70. The van der Waals surface area contributed by atoms with Gasteiger partial charge in [-0.3, -0.25) is 4.90 Å². The van der Waals surface area contributed by atoms with E-state index in [0.717, 1.165) is 12.1 Å². The van der Waals surface area contributed by atoms with Crippen molar-refractivity contribution >= 4 is 0 Å². The van der Waals surface area contributed by atoms with Crippen molar-refractivity contribution in [2.45, 2.75) is 32.2 Å². The molecule has 2 rings (SSSR count). The molecule has 0 spiro atoms. The van der Waals surface area contributed by atoms with Crippen LogP contribution < -0.4 is 0 Å². The maximum atomic E-state index is 3.41. The molecule has 1 aliphatic rings. The lowest BCUT2D eigenvalue weighted by molar-refractivity contribution is 0.196. The molecule has 1 aromatic rings. The van der Waals surface area contributed by atoms with Gasteiger partial charge >= 0.3 is 0 Å². The van der Waals surface area contributed by atoms with Gasteiger partial charge in [0.2, 0.25) is 0 Å². The van der Waals surface area contributed by atoms with Gasteiger partial charge in [-0.1, -0.05) is 37.0 Å². The Labute approximate surface area is 98.5 Å². The number of likely N-dealkylation sites (tertiary alicyclic amines) is 1. The van der Waals surface area contributed by atoms with Gasteiger partial charge in [-0.25, -0.2) is 0 Å². The molecule has 84 valence electrons. The Kier molecular flexibility index (Phi) is 4.02. The maximum Gasteiger partial charge on any atom is 0.0718 e. The lowest BCUT2D eigenvalue weighted by Crippen LogP contribution is -2.38. The Morgan fingerprint density at radius 3 is 2.81 bits per heavy atom. The van der Waals surface area contributed by atoms with E-state index in [4.69, 9.17) is 0 Å². The molecule has 1 nitrogen and oxygen atoms in total. The predicted octanol–water partition coefficient (Wildman–Crippen LogP) is 2.91. The molecule has 1 aliphatic heterocycles. The predicted molar refractivity (Wildman–Crippen MR) is 68.2 cm³/mol. The molecule has 0 amide bonds. The van der Waals surface area contributed by atoms with Crippen molar-refractivity contribution < 1.29 is 0 Å². The smallest absolute Gasteiger partial charge is 0.0718 e. The van der Waals surface area contributed by atoms with Gasteiger partial charge in [-0.05, 0) is 44.5 Å². The quantitative estimate of drug-likeness (QED) is 0.648. The van der Waals surface area contributed by atoms with Gasteiger partial charge in [0.15, 0.2) is 0 Å². The number of hydrogen-bond donors (Lipinski definition) is 0. The second-order valence-electron chi connectivity index (χ2n) is 4.28. The molecule has 0 radical (unpaired) electrons. The molecule has 1 heterocycles. The van der Waals surface area contributed by atoms with Crippen LogP contribution in [-0.4, -0.2) is 24.0 Å². The van der Waals surface area contributed by atoms with E-state index >= 15 is 0 Å². The summed E-state index contributed by atoms with van der Waals surface area (Å²) < 4.78 is 0. The normalized spacial score (nSPS) is 21.2. The summed E-state index contributed by atoms with van der Waals surface area (Å²) in [6.45, 7) is 4.56. The first-order valence-electron chi connectivity index (χ1n) is 6.21. The summed E-state index contributed by atoms with van der Waals surface area (Å²) in [6, 6.07) is 10.7. The highest BCUT2D eigenvalue weighted by atomic mass is 15.1. The zero-order valence-corrected chi connectivity index (χ0v) is 9.95. The van der Waals surface area contributed by atoms with E-state index in [1.54, 1.807) is 0 Å². The van der Waals surface area contributed by atoms with Crippen LogP contribution in [0.4, 0.5) is 0 Å². The van der Waals surface area contributed by atoms with E-state index in [1.165, 1.54) is 25.8 Å². The lowest BCUT2D eigenvalue weighted by atomic mass is 10.0. The molecule has 1 saturated heterocycles. The Hall–Kier alpha value is -1.26. The molecule has 0 aromatic heterocycles. The number of rotatable bonds is 1. The molecule has 1 atom stereocenters. The monoisotopic (exact) mass is 213 g/mol. The van der Waals surface area contributed by atoms with Crippen LogP contribution in [0.2, 0.25) is 0 Å². The van der Waals surface area contributed by atoms with Crippen LogP contribution in [0.1, 0.15) is 31.7 Å². The molecule has 0 saturated carbocycles. The van der Waals surface area contributed by atoms with Crippen molar-refractivity contribution in [2.24, 2.45) is 0 Å². The van der Waals surface area contributed by atoms with Crippen LogP contribution in [0.15, 0.2) is 30.3 Å². The van der Waals surface area contributed by atoms with Gasteiger partial charge in [-0.15, -0.1) is 0 Å². The third-order valence-corrected chi connectivity index (χ3v) is 3.18. The van der Waals surface area contributed by atoms with E-state index in [0.29, 0.717) is 6.04 Å². The van der Waals surface area contributed by atoms with Gasteiger partial charge in [0, 0.05) is 5.56 Å². The molecule has 0 bridgehead atoms. The van der Waals surface area contributed by atoms with Crippen molar-refractivity contribution in [1.82, 2.24) is 4.90 Å². The Morgan fingerprint density at radius 1 is 1.25 bits per heavy atom. The fourth-order valence-electron chi connectivity index (χ4n) is 2.22. The molecular weight excluding hydrogens is 194 g/mol. The number of nitrogens with zero attached hydrogens (tertiary/aromatic N) is 1. The third kappa shape index (κ3) is 2.87. The summed E-state index contributed by atoms with van der Waals surface area (Å²) in [6.07, 6.45) is 3.88. The van der Waals surface area contributed by atoms with Gasteiger partial charge in [-0.2, -0.15) is 0 Å². The van der Waals surface area contributed by atoms with E-state index in [-0.39, 0.29) is 0 Å². The van der Waals surface area contributed by atoms with E-state index in [9.17, 15) is 0 Å². The Bertz CT molecular complexity index is 371. The van der Waals surface area contributed by atoms with Crippen LogP contribution in [-0.2, 0) is 0 Å². The van der Waals surface area contributed by atoms with Crippen molar-refractivity contribution in [3.8, 4) is 11.8 Å². The fraction of sp³-hybridized carbons (Fsp3) is 0.467. The van der Waals surface area contributed by atoms with Gasteiger partial charge in [0.05, 0.1) is 6.04 Å². The highest BCUT2D eigenvalue weighted by Gasteiger charge is 2.18. The average molecular weight is 213 g/mol. The SMILES string of the molecule is CCN1CCCC[C@@H]1C#Cc1ccccc1. The van der Waals surface area contributed by atoms with Crippen molar-refractivity contribution in [1.29, 1.82) is 0 Å². The number of piperidine rings is 1. The maximum absolute atomic E-state index is 3.41. The highest BCUT2D eigenvalue weighted by Crippen LogP contribution is 2.15. The highest BCUT2D eigenvalue weighted by molar-refractivity contribution is 5.34. The van der Waals surface area contributed by atoms with Crippen molar-refractivity contribution in [3.63, 3.8) is 0 Å². The standard InChI is InChI=1S/C15H19N/c1-2-16-13-7-6-10-15(16)12-11-14-8-4-3-5-9-14/h3-5,8-9,15H,2,6-7,10,13H2,1H3/t15-/m1/s1. The molecule has 0 N–H and O–H groups in total. The Balaban J connectivity index is 2.05. The average Bonchev–Trinajstić information content (AvgIpc) is 2.38. The zero-order valence-electron chi connectivity index (χ0n) is 9.95.